The highest BCUT2D eigenvalue weighted by atomic mass is 32.2. The van der Waals surface area contributed by atoms with E-state index >= 15 is 0 Å². The molecule has 1 aromatic carbocycles. The van der Waals surface area contributed by atoms with Gasteiger partial charge < -0.3 is 5.32 Å². The predicted molar refractivity (Wildman–Crippen MR) is 70.3 cm³/mol. The number of benzene rings is 1. The molecule has 0 aliphatic rings. The number of hydrogen-bond acceptors (Lipinski definition) is 3. The van der Waals surface area contributed by atoms with Gasteiger partial charge in [0.05, 0.1) is 5.25 Å². The fourth-order valence-electron chi connectivity index (χ4n) is 1.43. The lowest BCUT2D eigenvalue weighted by Gasteiger charge is -2.13. The largest absolute Gasteiger partial charge is 0.318 e. The second kappa shape index (κ2) is 6.14. The Balaban J connectivity index is 2.58. The summed E-state index contributed by atoms with van der Waals surface area (Å²) >= 11 is 0. The summed E-state index contributed by atoms with van der Waals surface area (Å²) < 4.78 is 26.2. The Morgan fingerprint density at radius 2 is 1.82 bits per heavy atom. The minimum atomic E-state index is -3.24. The van der Waals surface area contributed by atoms with E-state index in [4.69, 9.17) is 0 Å². The van der Waals surface area contributed by atoms with E-state index in [9.17, 15) is 8.42 Å². The van der Waals surface area contributed by atoms with Crippen molar-refractivity contribution in [3.8, 4) is 0 Å². The molecule has 1 atom stereocenters. The smallest absolute Gasteiger partial charge is 0.215 e. The van der Waals surface area contributed by atoms with Crippen molar-refractivity contribution < 1.29 is 8.42 Å². The summed E-state index contributed by atoms with van der Waals surface area (Å²) in [6.45, 7) is 4.48. The third kappa shape index (κ3) is 4.46. The highest BCUT2D eigenvalue weighted by Gasteiger charge is 2.18. The van der Waals surface area contributed by atoms with Crippen LogP contribution in [0.2, 0.25) is 0 Å². The molecule has 0 fully saturated rings. The van der Waals surface area contributed by atoms with E-state index in [1.54, 1.807) is 14.0 Å². The molecule has 1 aromatic rings. The average Bonchev–Trinajstić information content (AvgIpc) is 2.29. The van der Waals surface area contributed by atoms with Gasteiger partial charge in [-0.05, 0) is 26.5 Å². The molecule has 0 amide bonds. The maximum absolute atomic E-state index is 11.8. The molecule has 2 N–H and O–H groups in total. The van der Waals surface area contributed by atoms with Crippen molar-refractivity contribution in [1.29, 1.82) is 0 Å². The van der Waals surface area contributed by atoms with Crippen LogP contribution in [0, 0.1) is 6.92 Å². The zero-order valence-electron chi connectivity index (χ0n) is 10.5. The zero-order chi connectivity index (χ0) is 12.9. The molecule has 0 aromatic heterocycles. The van der Waals surface area contributed by atoms with Crippen molar-refractivity contribution in [3.05, 3.63) is 35.4 Å². The molecule has 96 valence electrons. The van der Waals surface area contributed by atoms with Crippen LogP contribution in [-0.2, 0) is 16.6 Å². The number of nitrogens with one attached hydrogen (secondary N) is 2. The quantitative estimate of drug-likeness (QED) is 0.799. The van der Waals surface area contributed by atoms with Crippen LogP contribution in [-0.4, -0.2) is 27.3 Å². The van der Waals surface area contributed by atoms with Gasteiger partial charge >= 0.3 is 0 Å². The first-order chi connectivity index (χ1) is 7.95. The first kappa shape index (κ1) is 14.2. The maximum atomic E-state index is 11.8. The lowest BCUT2D eigenvalue weighted by atomic mass is 10.2. The van der Waals surface area contributed by atoms with E-state index < -0.39 is 15.3 Å². The van der Waals surface area contributed by atoms with Gasteiger partial charge in [-0.3, -0.25) is 0 Å². The number of sulfonamides is 1. The van der Waals surface area contributed by atoms with Gasteiger partial charge in [-0.15, -0.1) is 0 Å². The van der Waals surface area contributed by atoms with E-state index in [1.807, 2.05) is 31.2 Å². The second-order valence-corrected chi connectivity index (χ2v) is 6.40. The van der Waals surface area contributed by atoms with Crippen molar-refractivity contribution in [2.75, 3.05) is 13.6 Å². The molecule has 1 unspecified atom stereocenters. The van der Waals surface area contributed by atoms with Crippen molar-refractivity contribution in [1.82, 2.24) is 10.0 Å². The van der Waals surface area contributed by atoms with Gasteiger partial charge in [0.25, 0.3) is 0 Å². The van der Waals surface area contributed by atoms with Crippen LogP contribution < -0.4 is 10.0 Å². The van der Waals surface area contributed by atoms with Gasteiger partial charge in [-0.2, -0.15) is 0 Å². The minimum absolute atomic E-state index is 0.344. The van der Waals surface area contributed by atoms with E-state index in [0.717, 1.165) is 5.56 Å². The average molecular weight is 256 g/mol. The number of hydrogen-bond donors (Lipinski definition) is 2. The third-order valence-electron chi connectivity index (χ3n) is 2.62. The summed E-state index contributed by atoms with van der Waals surface area (Å²) in [6, 6.07) is 7.81. The topological polar surface area (TPSA) is 58.2 Å². The van der Waals surface area contributed by atoms with Crippen molar-refractivity contribution in [3.63, 3.8) is 0 Å². The first-order valence-electron chi connectivity index (χ1n) is 5.64. The Bertz CT molecular complexity index is 440. The van der Waals surface area contributed by atoms with Crippen LogP contribution in [0.1, 0.15) is 18.1 Å². The molecular formula is C12H20N2O2S. The van der Waals surface area contributed by atoms with Crippen LogP contribution in [0.25, 0.3) is 0 Å². The molecule has 0 bridgehead atoms. The summed E-state index contributed by atoms with van der Waals surface area (Å²) in [5.41, 5.74) is 2.14. The van der Waals surface area contributed by atoms with Crippen molar-refractivity contribution >= 4 is 10.0 Å². The zero-order valence-corrected chi connectivity index (χ0v) is 11.3. The van der Waals surface area contributed by atoms with E-state index in [1.165, 1.54) is 5.56 Å². The molecule has 17 heavy (non-hydrogen) atoms. The molecule has 0 heterocycles. The third-order valence-corrected chi connectivity index (χ3v) is 4.39. The molecule has 0 saturated heterocycles. The maximum Gasteiger partial charge on any atom is 0.215 e. The normalized spacial score (nSPS) is 13.6. The fraction of sp³-hybridized carbons (Fsp3) is 0.500. The lowest BCUT2D eigenvalue weighted by molar-refractivity contribution is 0.563. The Morgan fingerprint density at radius 1 is 1.24 bits per heavy atom. The van der Waals surface area contributed by atoms with Crippen LogP contribution in [0.5, 0.6) is 0 Å². The molecule has 0 radical (unpaired) electrons. The van der Waals surface area contributed by atoms with E-state index in [2.05, 4.69) is 10.0 Å². The Hall–Kier alpha value is -0.910. The summed E-state index contributed by atoms with van der Waals surface area (Å²) in [6.07, 6.45) is 0. The lowest BCUT2D eigenvalue weighted by Crippen LogP contribution is -2.37. The molecule has 0 aliphatic carbocycles. The van der Waals surface area contributed by atoms with Crippen molar-refractivity contribution in [2.24, 2.45) is 0 Å². The Kier molecular flexibility index (Phi) is 5.11. The van der Waals surface area contributed by atoms with Gasteiger partial charge in [0, 0.05) is 13.1 Å². The molecule has 0 aliphatic heterocycles. The minimum Gasteiger partial charge on any atom is -0.318 e. The summed E-state index contributed by atoms with van der Waals surface area (Å²) in [5.74, 6) is 0. The molecule has 5 heteroatoms. The standard InChI is InChI=1S/C12H20N2O2S/c1-10-4-6-12(7-5-10)9-14-17(15,16)11(2)8-13-3/h4-7,11,13-14H,8-9H2,1-3H3. The Morgan fingerprint density at radius 3 is 2.35 bits per heavy atom. The van der Waals surface area contributed by atoms with Crippen molar-refractivity contribution in [2.45, 2.75) is 25.6 Å². The van der Waals surface area contributed by atoms with Crippen LogP contribution in [0.3, 0.4) is 0 Å². The molecule has 0 saturated carbocycles. The second-order valence-electron chi connectivity index (χ2n) is 4.22. The number of aryl methyl sites for hydroxylation is 1. The van der Waals surface area contributed by atoms with Crippen LogP contribution >= 0.6 is 0 Å². The fourth-order valence-corrected chi connectivity index (χ4v) is 2.47. The summed E-state index contributed by atoms with van der Waals surface area (Å²) in [4.78, 5) is 0. The van der Waals surface area contributed by atoms with Gasteiger partial charge in [0.1, 0.15) is 0 Å². The molecule has 4 nitrogen and oxygen atoms in total. The highest BCUT2D eigenvalue weighted by Crippen LogP contribution is 2.04. The molecule has 1 rings (SSSR count). The predicted octanol–water partition coefficient (Wildman–Crippen LogP) is 1.02. The SMILES string of the molecule is CNCC(C)S(=O)(=O)NCc1ccc(C)cc1. The molecular weight excluding hydrogens is 236 g/mol. The van der Waals surface area contributed by atoms with Gasteiger partial charge in [0.15, 0.2) is 0 Å². The van der Waals surface area contributed by atoms with Gasteiger partial charge in [0.2, 0.25) is 10.0 Å². The molecule has 0 spiro atoms. The highest BCUT2D eigenvalue weighted by molar-refractivity contribution is 7.90. The summed E-state index contributed by atoms with van der Waals surface area (Å²) in [7, 11) is -1.50. The van der Waals surface area contributed by atoms with E-state index in [0.29, 0.717) is 13.1 Å². The first-order valence-corrected chi connectivity index (χ1v) is 7.19. The summed E-state index contributed by atoms with van der Waals surface area (Å²) in [5, 5.41) is 2.43. The van der Waals surface area contributed by atoms with Crippen LogP contribution in [0.15, 0.2) is 24.3 Å². The van der Waals surface area contributed by atoms with E-state index in [-0.39, 0.29) is 0 Å². The van der Waals surface area contributed by atoms with Gasteiger partial charge in [-0.25, -0.2) is 13.1 Å². The Labute approximate surface area is 103 Å². The monoisotopic (exact) mass is 256 g/mol. The number of rotatable bonds is 6. The van der Waals surface area contributed by atoms with Gasteiger partial charge in [-0.1, -0.05) is 29.8 Å². The van der Waals surface area contributed by atoms with Crippen LogP contribution in [0.4, 0.5) is 0 Å².